The van der Waals surface area contributed by atoms with Gasteiger partial charge in [-0.15, -0.1) is 0 Å². The third-order valence-electron chi connectivity index (χ3n) is 2.69. The molecule has 114 valence electrons. The third kappa shape index (κ3) is 5.77. The van der Waals surface area contributed by atoms with Crippen molar-refractivity contribution in [3.63, 3.8) is 0 Å². The lowest BCUT2D eigenvalue weighted by Gasteiger charge is -2.11. The fraction of sp³-hybridized carbons (Fsp3) is 0.538. The second-order valence-corrected chi connectivity index (χ2v) is 6.41. The number of ether oxygens (including phenoxy) is 1. The molecule has 5 N–H and O–H groups in total. The quantitative estimate of drug-likeness (QED) is 0.498. The minimum atomic E-state index is -3.71. The summed E-state index contributed by atoms with van der Waals surface area (Å²) in [6, 6.07) is 4.38. The monoisotopic (exact) mass is 301 g/mol. The van der Waals surface area contributed by atoms with Gasteiger partial charge in [-0.05, 0) is 44.9 Å². The lowest BCUT2D eigenvalue weighted by atomic mass is 10.2. The number of nitrogens with two attached hydrogens (primary N) is 2. The highest BCUT2D eigenvalue weighted by Crippen LogP contribution is 2.22. The molecule has 0 aliphatic carbocycles. The first-order valence-corrected chi connectivity index (χ1v) is 8.13. The number of anilines is 2. The molecule has 0 radical (unpaired) electrons. The molecule has 1 aromatic rings. The Bertz CT molecular complexity index is 530. The van der Waals surface area contributed by atoms with Crippen LogP contribution in [0.2, 0.25) is 0 Å². The van der Waals surface area contributed by atoms with Gasteiger partial charge in [-0.1, -0.05) is 0 Å². The van der Waals surface area contributed by atoms with E-state index in [0.717, 1.165) is 12.8 Å². The molecule has 6 nitrogen and oxygen atoms in total. The molecule has 1 aromatic carbocycles. The molecule has 0 spiro atoms. The SMILES string of the molecule is CC(C)OCCCCNc1cc(S(N)(=O)=O)ccc1N. The van der Waals surface area contributed by atoms with Crippen LogP contribution >= 0.6 is 0 Å². The first-order valence-electron chi connectivity index (χ1n) is 6.58. The third-order valence-corrected chi connectivity index (χ3v) is 3.60. The molecule has 7 heteroatoms. The van der Waals surface area contributed by atoms with E-state index in [9.17, 15) is 8.42 Å². The number of nitrogen functional groups attached to an aromatic ring is 1. The van der Waals surface area contributed by atoms with Crippen molar-refractivity contribution < 1.29 is 13.2 Å². The van der Waals surface area contributed by atoms with E-state index in [1.807, 2.05) is 13.8 Å². The van der Waals surface area contributed by atoms with Gasteiger partial charge in [0.15, 0.2) is 0 Å². The number of benzene rings is 1. The number of nitrogens with one attached hydrogen (secondary N) is 1. The number of hydrogen-bond acceptors (Lipinski definition) is 5. The summed E-state index contributed by atoms with van der Waals surface area (Å²) in [6.45, 7) is 5.40. The largest absolute Gasteiger partial charge is 0.397 e. The van der Waals surface area contributed by atoms with E-state index in [1.165, 1.54) is 18.2 Å². The molecule has 0 amide bonds. The highest BCUT2D eigenvalue weighted by atomic mass is 32.2. The van der Waals surface area contributed by atoms with Crippen LogP contribution in [0.3, 0.4) is 0 Å². The van der Waals surface area contributed by atoms with Gasteiger partial charge in [-0.3, -0.25) is 0 Å². The van der Waals surface area contributed by atoms with Crippen molar-refractivity contribution in [2.75, 3.05) is 24.2 Å². The Hall–Kier alpha value is -1.31. The van der Waals surface area contributed by atoms with E-state index in [0.29, 0.717) is 24.5 Å². The van der Waals surface area contributed by atoms with Crippen molar-refractivity contribution in [1.29, 1.82) is 0 Å². The fourth-order valence-electron chi connectivity index (χ4n) is 1.63. The van der Waals surface area contributed by atoms with E-state index >= 15 is 0 Å². The predicted octanol–water partition coefficient (Wildman–Crippen LogP) is 1.53. The Morgan fingerprint density at radius 1 is 1.30 bits per heavy atom. The molecule has 0 aromatic heterocycles. The van der Waals surface area contributed by atoms with Crippen LogP contribution in [-0.2, 0) is 14.8 Å². The summed E-state index contributed by atoms with van der Waals surface area (Å²) in [5.74, 6) is 0. The van der Waals surface area contributed by atoms with Crippen molar-refractivity contribution >= 4 is 21.4 Å². The fourth-order valence-corrected chi connectivity index (χ4v) is 2.17. The molecule has 0 aliphatic heterocycles. The molecule has 20 heavy (non-hydrogen) atoms. The van der Waals surface area contributed by atoms with Crippen LogP contribution in [0.1, 0.15) is 26.7 Å². The highest BCUT2D eigenvalue weighted by molar-refractivity contribution is 7.89. The maximum Gasteiger partial charge on any atom is 0.238 e. The normalized spacial score (nSPS) is 11.8. The average molecular weight is 301 g/mol. The van der Waals surface area contributed by atoms with Crippen molar-refractivity contribution in [2.24, 2.45) is 5.14 Å². The van der Waals surface area contributed by atoms with Gasteiger partial charge in [0.1, 0.15) is 0 Å². The Kier molecular flexibility index (Phi) is 6.25. The molecular formula is C13H23N3O3S. The molecule has 0 aliphatic rings. The van der Waals surface area contributed by atoms with E-state index in [4.69, 9.17) is 15.6 Å². The second-order valence-electron chi connectivity index (χ2n) is 4.85. The van der Waals surface area contributed by atoms with Crippen LogP contribution in [0.15, 0.2) is 23.1 Å². The molecule has 0 saturated heterocycles. The molecule has 0 atom stereocenters. The van der Waals surface area contributed by atoms with Gasteiger partial charge in [-0.2, -0.15) is 0 Å². The predicted molar refractivity (Wildman–Crippen MR) is 81.0 cm³/mol. The summed E-state index contributed by atoms with van der Waals surface area (Å²) < 4.78 is 28.0. The smallest absolute Gasteiger partial charge is 0.238 e. The zero-order chi connectivity index (χ0) is 15.2. The Labute approximate surface area is 120 Å². The van der Waals surface area contributed by atoms with E-state index in [1.54, 1.807) is 0 Å². The number of sulfonamides is 1. The van der Waals surface area contributed by atoms with Crippen molar-refractivity contribution in [3.8, 4) is 0 Å². The van der Waals surface area contributed by atoms with Crippen molar-refractivity contribution in [1.82, 2.24) is 0 Å². The number of unbranched alkanes of at least 4 members (excludes halogenated alkanes) is 1. The minimum absolute atomic E-state index is 0.0531. The van der Waals surface area contributed by atoms with Crippen LogP contribution in [-0.4, -0.2) is 27.7 Å². The second kappa shape index (κ2) is 7.47. The molecule has 0 fully saturated rings. The summed E-state index contributed by atoms with van der Waals surface area (Å²) in [5, 5.41) is 8.20. The molecule has 0 heterocycles. The van der Waals surface area contributed by atoms with Gasteiger partial charge in [0, 0.05) is 13.2 Å². The molecular weight excluding hydrogens is 278 g/mol. The van der Waals surface area contributed by atoms with Crippen LogP contribution in [0.4, 0.5) is 11.4 Å². The molecule has 1 rings (SSSR count). The maximum atomic E-state index is 11.3. The number of hydrogen-bond donors (Lipinski definition) is 3. The van der Waals surface area contributed by atoms with E-state index in [2.05, 4.69) is 5.32 Å². The summed E-state index contributed by atoms with van der Waals surface area (Å²) in [6.07, 6.45) is 2.08. The van der Waals surface area contributed by atoms with Crippen molar-refractivity contribution in [3.05, 3.63) is 18.2 Å². The highest BCUT2D eigenvalue weighted by Gasteiger charge is 2.09. The van der Waals surface area contributed by atoms with Gasteiger partial charge >= 0.3 is 0 Å². The zero-order valence-electron chi connectivity index (χ0n) is 11.9. The number of rotatable bonds is 8. The summed E-state index contributed by atoms with van der Waals surface area (Å²) in [5.41, 5.74) is 6.87. The summed E-state index contributed by atoms with van der Waals surface area (Å²) >= 11 is 0. The van der Waals surface area contributed by atoms with Gasteiger partial charge in [0.25, 0.3) is 0 Å². The van der Waals surface area contributed by atoms with E-state index < -0.39 is 10.0 Å². The van der Waals surface area contributed by atoms with Gasteiger partial charge in [-0.25, -0.2) is 13.6 Å². The molecule has 0 unspecified atom stereocenters. The lowest BCUT2D eigenvalue weighted by Crippen LogP contribution is -2.13. The van der Waals surface area contributed by atoms with Crippen LogP contribution in [0.25, 0.3) is 0 Å². The van der Waals surface area contributed by atoms with Crippen molar-refractivity contribution in [2.45, 2.75) is 37.7 Å². The number of primary sulfonamides is 1. The first-order chi connectivity index (χ1) is 9.30. The zero-order valence-corrected chi connectivity index (χ0v) is 12.7. The lowest BCUT2D eigenvalue weighted by molar-refractivity contribution is 0.0765. The Balaban J connectivity index is 2.48. The van der Waals surface area contributed by atoms with Crippen LogP contribution in [0, 0.1) is 0 Å². The van der Waals surface area contributed by atoms with Gasteiger partial charge < -0.3 is 15.8 Å². The van der Waals surface area contributed by atoms with Crippen LogP contribution in [0.5, 0.6) is 0 Å². The Morgan fingerprint density at radius 2 is 2.00 bits per heavy atom. The standard InChI is InChI=1S/C13H23N3O3S/c1-10(2)19-8-4-3-7-16-13-9-11(20(15,17)18)5-6-12(13)14/h5-6,9-10,16H,3-4,7-8,14H2,1-2H3,(H2,15,17,18). The topological polar surface area (TPSA) is 107 Å². The van der Waals surface area contributed by atoms with Gasteiger partial charge in [0.05, 0.1) is 22.4 Å². The average Bonchev–Trinajstić information content (AvgIpc) is 2.33. The van der Waals surface area contributed by atoms with E-state index in [-0.39, 0.29) is 11.0 Å². The summed E-state index contributed by atoms with van der Waals surface area (Å²) in [4.78, 5) is 0.0531. The first kappa shape index (κ1) is 16.7. The summed E-state index contributed by atoms with van der Waals surface area (Å²) in [7, 11) is -3.71. The minimum Gasteiger partial charge on any atom is -0.397 e. The maximum absolute atomic E-state index is 11.3. The van der Waals surface area contributed by atoms with Gasteiger partial charge in [0.2, 0.25) is 10.0 Å². The molecule has 0 saturated carbocycles. The Morgan fingerprint density at radius 3 is 2.60 bits per heavy atom. The molecule has 0 bridgehead atoms. The van der Waals surface area contributed by atoms with Crippen LogP contribution < -0.4 is 16.2 Å².